The summed E-state index contributed by atoms with van der Waals surface area (Å²) in [5.74, 6) is 2.06. The fraction of sp³-hybridized carbons (Fsp3) is 0.577. The predicted octanol–water partition coefficient (Wildman–Crippen LogP) is 3.24. The van der Waals surface area contributed by atoms with Crippen molar-refractivity contribution < 1.29 is 14.4 Å². The van der Waals surface area contributed by atoms with Crippen LogP contribution in [-0.4, -0.2) is 36.6 Å². The number of nitrogens with one attached hydrogen (secondary N) is 2. The first-order valence-electron chi connectivity index (χ1n) is 11.5. The zero-order chi connectivity index (χ0) is 22.4. The number of hydrogen-bond acceptors (Lipinski definition) is 4. The Kier molecular flexibility index (Phi) is 8.03. The van der Waals surface area contributed by atoms with Crippen LogP contribution in [0.5, 0.6) is 0 Å². The third-order valence-electron chi connectivity index (χ3n) is 7.14. The summed E-state index contributed by atoms with van der Waals surface area (Å²) in [4.78, 5) is 39.3. The largest absolute Gasteiger partial charge is 0.345 e. The Morgan fingerprint density at radius 2 is 1.84 bits per heavy atom. The molecule has 1 aromatic rings. The SMILES string of the molecule is C#C[C@@H](CC(=O)C1CC[C@@H]2CCCC[C@H](NC(=O)[C@H](C)NC)C(=O)C12)c1ccccc1. The molecule has 0 saturated heterocycles. The van der Waals surface area contributed by atoms with Crippen LogP contribution in [0.3, 0.4) is 0 Å². The zero-order valence-electron chi connectivity index (χ0n) is 18.6. The smallest absolute Gasteiger partial charge is 0.237 e. The second-order valence-corrected chi connectivity index (χ2v) is 9.03. The number of benzene rings is 1. The molecule has 0 radical (unpaired) electrons. The molecule has 2 aliphatic carbocycles. The number of ketones is 2. The maximum atomic E-state index is 13.5. The highest BCUT2D eigenvalue weighted by molar-refractivity contribution is 5.96. The molecule has 2 fully saturated rings. The lowest BCUT2D eigenvalue weighted by atomic mass is 9.75. The van der Waals surface area contributed by atoms with Crippen LogP contribution in [0.4, 0.5) is 0 Å². The topological polar surface area (TPSA) is 75.3 Å². The molecule has 31 heavy (non-hydrogen) atoms. The average molecular weight is 423 g/mol. The van der Waals surface area contributed by atoms with Crippen molar-refractivity contribution in [2.24, 2.45) is 17.8 Å². The van der Waals surface area contributed by atoms with Crippen molar-refractivity contribution in [1.29, 1.82) is 0 Å². The van der Waals surface area contributed by atoms with E-state index in [2.05, 4.69) is 16.6 Å². The van der Waals surface area contributed by atoms with Gasteiger partial charge in [0.05, 0.1) is 18.0 Å². The highest BCUT2D eigenvalue weighted by atomic mass is 16.2. The Morgan fingerprint density at radius 1 is 1.13 bits per heavy atom. The van der Waals surface area contributed by atoms with Crippen molar-refractivity contribution in [2.45, 2.75) is 69.9 Å². The number of fused-ring (bicyclic) bond motifs is 1. The van der Waals surface area contributed by atoms with Crippen LogP contribution in [0, 0.1) is 30.1 Å². The van der Waals surface area contributed by atoms with Crippen LogP contribution in [0.15, 0.2) is 30.3 Å². The van der Waals surface area contributed by atoms with Gasteiger partial charge in [-0.2, -0.15) is 0 Å². The first-order valence-corrected chi connectivity index (χ1v) is 11.5. The van der Waals surface area contributed by atoms with Crippen LogP contribution < -0.4 is 10.6 Å². The number of likely N-dealkylation sites (N-methyl/N-ethyl adjacent to an activating group) is 1. The normalized spacial score (nSPS) is 27.8. The highest BCUT2D eigenvalue weighted by Crippen LogP contribution is 2.44. The standard InChI is InChI=1S/C26H34N2O3/c1-4-18(19-10-6-5-7-11-19)16-23(29)21-15-14-20-12-8-9-13-22(25(30)24(20)21)28-26(31)17(2)27-3/h1,5-7,10-11,17-18,20-22,24,27H,8-9,12-16H2,2-3H3,(H,28,31)/t17-,18-,20-,21?,22-,24?/m0/s1. The van der Waals surface area contributed by atoms with Gasteiger partial charge in [-0.1, -0.05) is 49.1 Å². The minimum absolute atomic E-state index is 0.0363. The van der Waals surface area contributed by atoms with Crippen LogP contribution in [0.1, 0.15) is 63.4 Å². The summed E-state index contributed by atoms with van der Waals surface area (Å²) in [5.41, 5.74) is 0.961. The van der Waals surface area contributed by atoms with E-state index in [9.17, 15) is 14.4 Å². The van der Waals surface area contributed by atoms with Gasteiger partial charge in [-0.05, 0) is 51.1 Å². The molecule has 2 saturated carbocycles. The number of Topliss-reactive ketones (excluding diaryl/α,β-unsaturated/α-hetero) is 2. The fourth-order valence-corrected chi connectivity index (χ4v) is 5.21. The maximum Gasteiger partial charge on any atom is 0.237 e. The summed E-state index contributed by atoms with van der Waals surface area (Å²) in [7, 11) is 1.72. The summed E-state index contributed by atoms with van der Waals surface area (Å²) >= 11 is 0. The summed E-state index contributed by atoms with van der Waals surface area (Å²) in [6.07, 6.45) is 11.2. The van der Waals surface area contributed by atoms with Gasteiger partial charge in [-0.3, -0.25) is 14.4 Å². The van der Waals surface area contributed by atoms with Gasteiger partial charge in [0.25, 0.3) is 0 Å². The van der Waals surface area contributed by atoms with Crippen molar-refractivity contribution >= 4 is 17.5 Å². The molecule has 2 N–H and O–H groups in total. The molecule has 3 rings (SSSR count). The average Bonchev–Trinajstić information content (AvgIpc) is 3.21. The van der Waals surface area contributed by atoms with Crippen LogP contribution in [-0.2, 0) is 14.4 Å². The number of carbonyl (C=O) groups excluding carboxylic acids is 3. The maximum absolute atomic E-state index is 13.5. The van der Waals surface area contributed by atoms with Gasteiger partial charge in [-0.15, -0.1) is 6.42 Å². The van der Waals surface area contributed by atoms with Gasteiger partial charge in [0.1, 0.15) is 5.78 Å². The number of hydrogen-bond donors (Lipinski definition) is 2. The second kappa shape index (κ2) is 10.7. The molecule has 0 spiro atoms. The van der Waals surface area contributed by atoms with E-state index in [-0.39, 0.29) is 53.6 Å². The van der Waals surface area contributed by atoms with Gasteiger partial charge in [0.2, 0.25) is 5.91 Å². The van der Waals surface area contributed by atoms with Gasteiger partial charge in [-0.25, -0.2) is 0 Å². The second-order valence-electron chi connectivity index (χ2n) is 9.03. The van der Waals surface area contributed by atoms with Gasteiger partial charge in [0, 0.05) is 18.3 Å². The van der Waals surface area contributed by atoms with E-state index in [1.165, 1.54) is 0 Å². The summed E-state index contributed by atoms with van der Waals surface area (Å²) < 4.78 is 0. The Balaban J connectivity index is 1.76. The van der Waals surface area contributed by atoms with Crippen molar-refractivity contribution in [1.82, 2.24) is 10.6 Å². The molecular weight excluding hydrogens is 388 g/mol. The minimum Gasteiger partial charge on any atom is -0.345 e. The van der Waals surface area contributed by atoms with Crippen molar-refractivity contribution in [3.05, 3.63) is 35.9 Å². The van der Waals surface area contributed by atoms with E-state index >= 15 is 0 Å². The van der Waals surface area contributed by atoms with Gasteiger partial charge in [0.15, 0.2) is 5.78 Å². The third-order valence-corrected chi connectivity index (χ3v) is 7.14. The fourth-order valence-electron chi connectivity index (χ4n) is 5.21. The van der Waals surface area contributed by atoms with Crippen molar-refractivity contribution in [3.63, 3.8) is 0 Å². The monoisotopic (exact) mass is 422 g/mol. The van der Waals surface area contributed by atoms with Crippen molar-refractivity contribution in [2.75, 3.05) is 7.05 Å². The molecule has 0 aromatic heterocycles. The molecule has 5 heteroatoms. The number of rotatable bonds is 7. The van der Waals surface area contributed by atoms with E-state index in [0.29, 0.717) is 6.42 Å². The summed E-state index contributed by atoms with van der Waals surface area (Å²) in [6.45, 7) is 1.77. The minimum atomic E-state index is -0.512. The Labute approximate surface area is 185 Å². The zero-order valence-corrected chi connectivity index (χ0v) is 18.6. The molecule has 2 aliphatic rings. The number of carbonyl (C=O) groups is 3. The molecule has 166 valence electrons. The summed E-state index contributed by atoms with van der Waals surface area (Å²) in [5, 5.41) is 5.86. The number of terminal acetylenes is 1. The number of amides is 1. The lowest BCUT2D eigenvalue weighted by Crippen LogP contribution is -2.51. The first-order chi connectivity index (χ1) is 15.0. The molecule has 5 nitrogen and oxygen atoms in total. The molecular formula is C26H34N2O3. The lowest BCUT2D eigenvalue weighted by Gasteiger charge is -2.31. The molecule has 0 aliphatic heterocycles. The van der Waals surface area contributed by atoms with Gasteiger partial charge < -0.3 is 10.6 Å². The first kappa shape index (κ1) is 23.2. The molecule has 1 aromatic carbocycles. The van der Waals surface area contributed by atoms with Crippen LogP contribution in [0.25, 0.3) is 0 Å². The molecule has 6 atom stereocenters. The molecule has 2 unspecified atom stereocenters. The Hall–Kier alpha value is -2.45. The Morgan fingerprint density at radius 3 is 2.52 bits per heavy atom. The quantitative estimate of drug-likeness (QED) is 0.662. The van der Waals surface area contributed by atoms with Crippen LogP contribution >= 0.6 is 0 Å². The lowest BCUT2D eigenvalue weighted by molar-refractivity contribution is -0.136. The van der Waals surface area contributed by atoms with E-state index < -0.39 is 6.04 Å². The van der Waals surface area contributed by atoms with Crippen molar-refractivity contribution in [3.8, 4) is 12.3 Å². The molecule has 0 heterocycles. The van der Waals surface area contributed by atoms with E-state index in [0.717, 1.165) is 37.7 Å². The Bertz CT molecular complexity index is 829. The van der Waals surface area contributed by atoms with E-state index in [1.807, 2.05) is 30.3 Å². The predicted molar refractivity (Wildman–Crippen MR) is 121 cm³/mol. The molecule has 0 bridgehead atoms. The van der Waals surface area contributed by atoms with Gasteiger partial charge >= 0.3 is 0 Å². The highest BCUT2D eigenvalue weighted by Gasteiger charge is 2.46. The van der Waals surface area contributed by atoms with E-state index in [1.54, 1.807) is 14.0 Å². The third kappa shape index (κ3) is 5.43. The summed E-state index contributed by atoms with van der Waals surface area (Å²) in [6, 6.07) is 8.80. The van der Waals surface area contributed by atoms with Crippen LogP contribution in [0.2, 0.25) is 0 Å². The molecule has 1 amide bonds. The van der Waals surface area contributed by atoms with E-state index in [4.69, 9.17) is 6.42 Å².